The van der Waals surface area contributed by atoms with Crippen LogP contribution in [0.25, 0.3) is 0 Å². The SMILES string of the molecule is Cc1c[nH]c(CN2CC3CCC2CN(C2Cc4ccccc4C2)C3)c(C)c1=O. The lowest BCUT2D eigenvalue weighted by atomic mass is 9.94. The number of benzene rings is 1. The Morgan fingerprint density at radius 1 is 1.00 bits per heavy atom. The van der Waals surface area contributed by atoms with Gasteiger partial charge in [0.2, 0.25) is 0 Å². The van der Waals surface area contributed by atoms with Crippen LogP contribution in [0.15, 0.2) is 35.3 Å². The molecule has 4 heteroatoms. The van der Waals surface area contributed by atoms with Gasteiger partial charge in [-0.25, -0.2) is 0 Å². The van der Waals surface area contributed by atoms with Crippen molar-refractivity contribution in [2.75, 3.05) is 19.6 Å². The fourth-order valence-electron chi connectivity index (χ4n) is 5.67. The molecular formula is C24H31N3O. The molecule has 3 aliphatic heterocycles. The summed E-state index contributed by atoms with van der Waals surface area (Å²) in [6, 6.07) is 10.3. The number of aromatic amines is 1. The van der Waals surface area contributed by atoms with Crippen molar-refractivity contribution in [1.82, 2.24) is 14.8 Å². The fraction of sp³-hybridized carbons (Fsp3) is 0.542. The van der Waals surface area contributed by atoms with Crippen LogP contribution in [0.2, 0.25) is 0 Å². The van der Waals surface area contributed by atoms with E-state index >= 15 is 0 Å². The van der Waals surface area contributed by atoms with Gasteiger partial charge in [-0.15, -0.1) is 0 Å². The molecule has 2 bridgehead atoms. The highest BCUT2D eigenvalue weighted by Gasteiger charge is 2.38. The molecule has 148 valence electrons. The van der Waals surface area contributed by atoms with Crippen LogP contribution >= 0.6 is 0 Å². The summed E-state index contributed by atoms with van der Waals surface area (Å²) in [6.07, 6.45) is 6.93. The Labute approximate surface area is 167 Å². The third-order valence-electron chi connectivity index (χ3n) is 7.38. The van der Waals surface area contributed by atoms with E-state index in [0.29, 0.717) is 12.1 Å². The second kappa shape index (κ2) is 7.16. The highest BCUT2D eigenvalue weighted by Crippen LogP contribution is 2.33. The zero-order valence-electron chi connectivity index (χ0n) is 17.1. The van der Waals surface area contributed by atoms with E-state index in [4.69, 9.17) is 0 Å². The minimum Gasteiger partial charge on any atom is -0.363 e. The van der Waals surface area contributed by atoms with Gasteiger partial charge in [0.1, 0.15) is 0 Å². The van der Waals surface area contributed by atoms with Gasteiger partial charge in [0.25, 0.3) is 0 Å². The number of H-pyrrole nitrogens is 1. The van der Waals surface area contributed by atoms with Crippen molar-refractivity contribution in [3.63, 3.8) is 0 Å². The van der Waals surface area contributed by atoms with Crippen molar-refractivity contribution >= 4 is 0 Å². The lowest BCUT2D eigenvalue weighted by Gasteiger charge is -2.36. The summed E-state index contributed by atoms with van der Waals surface area (Å²) < 4.78 is 0. The van der Waals surface area contributed by atoms with Gasteiger partial charge < -0.3 is 4.98 Å². The molecular weight excluding hydrogens is 346 g/mol. The Balaban J connectivity index is 1.32. The van der Waals surface area contributed by atoms with E-state index in [1.54, 1.807) is 11.1 Å². The highest BCUT2D eigenvalue weighted by molar-refractivity contribution is 5.33. The second-order valence-corrected chi connectivity index (χ2v) is 9.22. The van der Waals surface area contributed by atoms with Gasteiger partial charge in [0.05, 0.1) is 0 Å². The first-order chi connectivity index (χ1) is 13.6. The molecule has 4 nitrogen and oxygen atoms in total. The Kier molecular flexibility index (Phi) is 4.64. The van der Waals surface area contributed by atoms with Crippen molar-refractivity contribution in [3.05, 3.63) is 68.6 Å². The van der Waals surface area contributed by atoms with E-state index in [2.05, 4.69) is 39.0 Å². The normalized spacial score (nSPS) is 25.8. The van der Waals surface area contributed by atoms with Crippen molar-refractivity contribution in [1.29, 1.82) is 0 Å². The summed E-state index contributed by atoms with van der Waals surface area (Å²) >= 11 is 0. The largest absolute Gasteiger partial charge is 0.363 e. The van der Waals surface area contributed by atoms with E-state index in [0.717, 1.165) is 35.8 Å². The molecule has 0 amide bonds. The molecule has 2 aromatic rings. The minimum atomic E-state index is 0.194. The molecule has 0 spiro atoms. The molecule has 2 atom stereocenters. The van der Waals surface area contributed by atoms with E-state index in [1.807, 2.05) is 20.0 Å². The summed E-state index contributed by atoms with van der Waals surface area (Å²) in [5, 5.41) is 0. The van der Waals surface area contributed by atoms with Crippen molar-refractivity contribution in [2.45, 2.75) is 58.2 Å². The van der Waals surface area contributed by atoms with Gasteiger partial charge in [0.15, 0.2) is 5.43 Å². The van der Waals surface area contributed by atoms with Crippen molar-refractivity contribution < 1.29 is 0 Å². The number of fused-ring (bicyclic) bond motifs is 5. The molecule has 4 aliphatic rings. The average molecular weight is 378 g/mol. The third-order valence-corrected chi connectivity index (χ3v) is 7.38. The van der Waals surface area contributed by atoms with Crippen LogP contribution in [-0.2, 0) is 19.4 Å². The van der Waals surface area contributed by atoms with E-state index < -0.39 is 0 Å². The third kappa shape index (κ3) is 3.23. The van der Waals surface area contributed by atoms with Gasteiger partial charge in [-0.3, -0.25) is 14.6 Å². The molecule has 0 radical (unpaired) electrons. The van der Waals surface area contributed by atoms with Crippen LogP contribution in [0.4, 0.5) is 0 Å². The first kappa shape index (κ1) is 18.1. The van der Waals surface area contributed by atoms with Gasteiger partial charge >= 0.3 is 0 Å². The smallest absolute Gasteiger partial charge is 0.187 e. The van der Waals surface area contributed by atoms with E-state index in [-0.39, 0.29) is 5.43 Å². The zero-order chi connectivity index (χ0) is 19.3. The summed E-state index contributed by atoms with van der Waals surface area (Å²) in [5.41, 5.74) is 6.10. The molecule has 1 N–H and O–H groups in total. The first-order valence-corrected chi connectivity index (χ1v) is 10.8. The average Bonchev–Trinajstić information content (AvgIpc) is 2.93. The lowest BCUT2D eigenvalue weighted by Crippen LogP contribution is -2.45. The van der Waals surface area contributed by atoms with Gasteiger partial charge in [0, 0.05) is 61.3 Å². The number of nitrogens with one attached hydrogen (secondary N) is 1. The zero-order valence-corrected chi connectivity index (χ0v) is 17.1. The number of pyridine rings is 1. The summed E-state index contributed by atoms with van der Waals surface area (Å²) in [6.45, 7) is 8.30. The minimum absolute atomic E-state index is 0.194. The number of aromatic nitrogens is 1. The number of aryl methyl sites for hydroxylation is 1. The monoisotopic (exact) mass is 377 g/mol. The Morgan fingerprint density at radius 3 is 2.50 bits per heavy atom. The van der Waals surface area contributed by atoms with Crippen LogP contribution in [0.5, 0.6) is 0 Å². The highest BCUT2D eigenvalue weighted by atomic mass is 16.1. The van der Waals surface area contributed by atoms with E-state index in [1.165, 1.54) is 38.8 Å². The topological polar surface area (TPSA) is 39.3 Å². The van der Waals surface area contributed by atoms with Crippen LogP contribution in [-0.4, -0.2) is 46.5 Å². The van der Waals surface area contributed by atoms with Crippen LogP contribution < -0.4 is 5.43 Å². The Morgan fingerprint density at radius 2 is 1.75 bits per heavy atom. The van der Waals surface area contributed by atoms with Crippen LogP contribution in [0, 0.1) is 19.8 Å². The molecule has 1 aromatic heterocycles. The fourth-order valence-corrected chi connectivity index (χ4v) is 5.67. The number of piperidine rings is 1. The molecule has 28 heavy (non-hydrogen) atoms. The number of nitrogens with zero attached hydrogens (tertiary/aromatic N) is 2. The predicted molar refractivity (Wildman–Crippen MR) is 113 cm³/mol. The Bertz CT molecular complexity index is 909. The summed E-state index contributed by atoms with van der Waals surface area (Å²) in [5.74, 6) is 0.750. The molecule has 1 aliphatic carbocycles. The molecule has 3 saturated heterocycles. The Hall–Kier alpha value is -1.91. The van der Waals surface area contributed by atoms with E-state index in [9.17, 15) is 4.79 Å². The first-order valence-electron chi connectivity index (χ1n) is 10.8. The molecule has 2 unspecified atom stereocenters. The standard InChI is InChI=1S/C24H31N3O/c1-16-11-25-23(17(2)24(16)28)15-27-13-18-7-8-21(27)14-26(12-18)22-9-19-5-3-4-6-20(19)10-22/h3-6,11,18,21-22H,7-10,12-15H2,1-2H3,(H,25,28). The molecule has 6 rings (SSSR count). The predicted octanol–water partition coefficient (Wildman–Crippen LogP) is 3.06. The number of hydrogen-bond acceptors (Lipinski definition) is 3. The molecule has 1 aromatic carbocycles. The van der Waals surface area contributed by atoms with Gasteiger partial charge in [-0.2, -0.15) is 0 Å². The number of hydrogen-bond donors (Lipinski definition) is 1. The van der Waals surface area contributed by atoms with Crippen molar-refractivity contribution in [3.8, 4) is 0 Å². The molecule has 4 heterocycles. The van der Waals surface area contributed by atoms with Crippen LogP contribution in [0.1, 0.15) is 40.8 Å². The maximum Gasteiger partial charge on any atom is 0.187 e. The maximum atomic E-state index is 12.3. The quantitative estimate of drug-likeness (QED) is 0.894. The van der Waals surface area contributed by atoms with Gasteiger partial charge in [-0.1, -0.05) is 24.3 Å². The summed E-state index contributed by atoms with van der Waals surface area (Å²) in [4.78, 5) is 21.2. The lowest BCUT2D eigenvalue weighted by molar-refractivity contribution is 0.118. The molecule has 0 saturated carbocycles. The van der Waals surface area contributed by atoms with Crippen molar-refractivity contribution in [2.24, 2.45) is 5.92 Å². The second-order valence-electron chi connectivity index (χ2n) is 9.22. The maximum absolute atomic E-state index is 12.3. The number of rotatable bonds is 3. The summed E-state index contributed by atoms with van der Waals surface area (Å²) in [7, 11) is 0. The molecule has 3 fully saturated rings. The van der Waals surface area contributed by atoms with Crippen LogP contribution in [0.3, 0.4) is 0 Å². The van der Waals surface area contributed by atoms with Gasteiger partial charge in [-0.05, 0) is 56.6 Å².